The average molecular weight is 281 g/mol. The van der Waals surface area contributed by atoms with Gasteiger partial charge in [-0.05, 0) is 0 Å². The van der Waals surface area contributed by atoms with Gasteiger partial charge in [0.1, 0.15) is 14.2 Å². The number of rotatable bonds is 6. The number of hydrogen-bond donors (Lipinski definition) is 1. The lowest BCUT2D eigenvalue weighted by Gasteiger charge is -1.95. The molecule has 0 saturated heterocycles. The summed E-state index contributed by atoms with van der Waals surface area (Å²) < 4.78 is 22.4. The van der Waals surface area contributed by atoms with Gasteiger partial charge in [0.05, 0.1) is 17.9 Å². The summed E-state index contributed by atoms with van der Waals surface area (Å²) in [5, 5.41) is 10.2. The molecule has 0 fully saturated rings. The molecule has 1 aromatic heterocycles. The zero-order valence-corrected chi connectivity index (χ0v) is 11.0. The van der Waals surface area contributed by atoms with Crippen molar-refractivity contribution >= 4 is 38.9 Å². The molecule has 8 heteroatoms. The topological polar surface area (TPSA) is 84.3 Å². The quantitative estimate of drug-likeness (QED) is 0.780. The van der Waals surface area contributed by atoms with Crippen molar-refractivity contribution in [2.45, 2.75) is 10.8 Å². The first-order valence-corrected chi connectivity index (χ1v) is 8.26. The summed E-state index contributed by atoms with van der Waals surface area (Å²) in [6, 6.07) is 0. The van der Waals surface area contributed by atoms with Crippen molar-refractivity contribution in [3.05, 3.63) is 11.1 Å². The van der Waals surface area contributed by atoms with Crippen molar-refractivity contribution in [3.8, 4) is 0 Å². The molecular formula is C8H11NO4S3. The number of aromatic nitrogens is 1. The first-order chi connectivity index (χ1) is 7.37. The summed E-state index contributed by atoms with van der Waals surface area (Å²) in [6.45, 7) is 0. The number of thioether (sulfide) groups is 1. The third-order valence-electron chi connectivity index (χ3n) is 1.54. The predicted octanol–water partition coefficient (Wildman–Crippen LogP) is 0.907. The Morgan fingerprint density at radius 2 is 2.31 bits per heavy atom. The van der Waals surface area contributed by atoms with E-state index in [0.29, 0.717) is 15.8 Å². The Morgan fingerprint density at radius 1 is 1.62 bits per heavy atom. The van der Waals surface area contributed by atoms with Gasteiger partial charge in [0.2, 0.25) is 0 Å². The van der Waals surface area contributed by atoms with Crippen molar-refractivity contribution in [3.63, 3.8) is 0 Å². The van der Waals surface area contributed by atoms with Crippen LogP contribution in [-0.2, 0) is 21.1 Å². The zero-order chi connectivity index (χ0) is 12.2. The van der Waals surface area contributed by atoms with Crippen molar-refractivity contribution < 1.29 is 18.3 Å². The van der Waals surface area contributed by atoms with Crippen LogP contribution in [0, 0.1) is 0 Å². The van der Waals surface area contributed by atoms with Gasteiger partial charge in [-0.25, -0.2) is 13.4 Å². The SMILES string of the molecule is CS(=O)(=O)CCSc1nc(CC(=O)O)cs1. The summed E-state index contributed by atoms with van der Waals surface area (Å²) >= 11 is 2.67. The number of aliphatic carboxylic acids is 1. The third-order valence-corrected chi connectivity index (χ3v) is 4.82. The minimum atomic E-state index is -2.94. The molecule has 0 amide bonds. The van der Waals surface area contributed by atoms with Crippen molar-refractivity contribution in [2.75, 3.05) is 17.8 Å². The summed E-state index contributed by atoms with van der Waals surface area (Å²) in [4.78, 5) is 14.5. The molecule has 0 spiro atoms. The second-order valence-corrected chi connectivity index (χ2v) is 7.61. The van der Waals surface area contributed by atoms with E-state index in [9.17, 15) is 13.2 Å². The van der Waals surface area contributed by atoms with Gasteiger partial charge in [0.25, 0.3) is 0 Å². The Morgan fingerprint density at radius 3 is 2.88 bits per heavy atom. The number of carboxylic acids is 1. The predicted molar refractivity (Wildman–Crippen MR) is 63.9 cm³/mol. The van der Waals surface area contributed by atoms with Crippen LogP contribution in [0.4, 0.5) is 0 Å². The Hall–Kier alpha value is -0.600. The van der Waals surface area contributed by atoms with Gasteiger partial charge in [-0.15, -0.1) is 11.3 Å². The molecule has 0 radical (unpaired) electrons. The summed E-state index contributed by atoms with van der Waals surface area (Å²) in [7, 11) is -2.94. The summed E-state index contributed by atoms with van der Waals surface area (Å²) in [5.74, 6) is -0.373. The van der Waals surface area contributed by atoms with E-state index >= 15 is 0 Å². The molecule has 0 saturated carbocycles. The highest BCUT2D eigenvalue weighted by Crippen LogP contribution is 2.22. The van der Waals surface area contributed by atoms with Crippen LogP contribution < -0.4 is 0 Å². The number of sulfone groups is 1. The van der Waals surface area contributed by atoms with Crippen LogP contribution in [0.25, 0.3) is 0 Å². The normalized spacial score (nSPS) is 11.6. The third kappa shape index (κ3) is 5.47. The maximum Gasteiger partial charge on any atom is 0.309 e. The van der Waals surface area contributed by atoms with Crippen molar-refractivity contribution in [2.24, 2.45) is 0 Å². The molecule has 1 rings (SSSR count). The van der Waals surface area contributed by atoms with E-state index in [1.54, 1.807) is 5.38 Å². The van der Waals surface area contributed by atoms with E-state index < -0.39 is 15.8 Å². The fourth-order valence-electron chi connectivity index (χ4n) is 0.871. The first kappa shape index (κ1) is 13.5. The van der Waals surface area contributed by atoms with Gasteiger partial charge in [0, 0.05) is 17.4 Å². The van der Waals surface area contributed by atoms with Crippen LogP contribution in [0.1, 0.15) is 5.69 Å². The van der Waals surface area contributed by atoms with Crippen LogP contribution in [0.2, 0.25) is 0 Å². The lowest BCUT2D eigenvalue weighted by Crippen LogP contribution is -2.04. The standard InChI is InChI=1S/C8H11NO4S3/c1-16(12,13)3-2-14-8-9-6(5-15-8)4-7(10)11/h5H,2-4H2,1H3,(H,10,11). The average Bonchev–Trinajstić information content (AvgIpc) is 2.49. The van der Waals surface area contributed by atoms with Crippen molar-refractivity contribution in [1.82, 2.24) is 4.98 Å². The molecule has 0 aliphatic carbocycles. The Balaban J connectivity index is 2.43. The van der Waals surface area contributed by atoms with Crippen LogP contribution in [0.3, 0.4) is 0 Å². The van der Waals surface area contributed by atoms with Crippen LogP contribution in [-0.4, -0.2) is 42.2 Å². The molecule has 0 aliphatic heterocycles. The molecule has 0 unspecified atom stereocenters. The Labute approximate surface area is 102 Å². The van der Waals surface area contributed by atoms with E-state index in [4.69, 9.17) is 5.11 Å². The molecule has 0 atom stereocenters. The van der Waals surface area contributed by atoms with Crippen LogP contribution in [0.5, 0.6) is 0 Å². The number of carboxylic acid groups (broad SMARTS) is 1. The van der Waals surface area contributed by atoms with E-state index in [1.165, 1.54) is 29.4 Å². The monoisotopic (exact) mass is 281 g/mol. The van der Waals surface area contributed by atoms with E-state index in [1.807, 2.05) is 0 Å². The number of thiazole rings is 1. The fraction of sp³-hybridized carbons (Fsp3) is 0.500. The van der Waals surface area contributed by atoms with E-state index in [0.717, 1.165) is 0 Å². The minimum Gasteiger partial charge on any atom is -0.481 e. The molecule has 16 heavy (non-hydrogen) atoms. The maximum atomic E-state index is 10.9. The second kappa shape index (κ2) is 5.65. The van der Waals surface area contributed by atoms with Crippen molar-refractivity contribution in [1.29, 1.82) is 0 Å². The molecular weight excluding hydrogens is 270 g/mol. The molecule has 0 aliphatic rings. The van der Waals surface area contributed by atoms with Gasteiger partial charge in [0.15, 0.2) is 0 Å². The van der Waals surface area contributed by atoms with E-state index in [2.05, 4.69) is 4.98 Å². The van der Waals surface area contributed by atoms with Crippen LogP contribution in [0.15, 0.2) is 9.72 Å². The van der Waals surface area contributed by atoms with Crippen LogP contribution >= 0.6 is 23.1 Å². The summed E-state index contributed by atoms with van der Waals surface area (Å²) in [6.07, 6.45) is 1.09. The molecule has 90 valence electrons. The van der Waals surface area contributed by atoms with Gasteiger partial charge >= 0.3 is 5.97 Å². The molecule has 5 nitrogen and oxygen atoms in total. The number of hydrogen-bond acceptors (Lipinski definition) is 6. The first-order valence-electron chi connectivity index (χ1n) is 4.33. The zero-order valence-electron chi connectivity index (χ0n) is 8.54. The highest BCUT2D eigenvalue weighted by molar-refractivity contribution is 8.02. The second-order valence-electron chi connectivity index (χ2n) is 3.15. The highest BCUT2D eigenvalue weighted by Gasteiger charge is 2.08. The number of carbonyl (C=O) groups is 1. The molecule has 0 aromatic carbocycles. The Kier molecular flexibility index (Phi) is 4.75. The smallest absolute Gasteiger partial charge is 0.309 e. The Bertz CT molecular complexity index is 465. The van der Waals surface area contributed by atoms with E-state index in [-0.39, 0.29) is 12.2 Å². The lowest BCUT2D eigenvalue weighted by molar-refractivity contribution is -0.136. The number of nitrogens with zero attached hydrogens (tertiary/aromatic N) is 1. The maximum absolute atomic E-state index is 10.9. The fourth-order valence-corrected chi connectivity index (χ4v) is 3.98. The van der Waals surface area contributed by atoms with Gasteiger partial charge in [-0.1, -0.05) is 11.8 Å². The highest BCUT2D eigenvalue weighted by atomic mass is 32.2. The minimum absolute atomic E-state index is 0.0941. The molecule has 1 heterocycles. The molecule has 1 N–H and O–H groups in total. The molecule has 0 bridgehead atoms. The van der Waals surface area contributed by atoms with Gasteiger partial charge < -0.3 is 5.11 Å². The lowest BCUT2D eigenvalue weighted by atomic mass is 10.3. The summed E-state index contributed by atoms with van der Waals surface area (Å²) in [5.41, 5.74) is 0.513. The molecule has 1 aromatic rings. The largest absolute Gasteiger partial charge is 0.481 e. The van der Waals surface area contributed by atoms with Gasteiger partial charge in [-0.3, -0.25) is 4.79 Å². The van der Waals surface area contributed by atoms with Gasteiger partial charge in [-0.2, -0.15) is 0 Å².